The molecule has 9 rings (SSSR count). The highest BCUT2D eigenvalue weighted by Crippen LogP contribution is 2.52. The summed E-state index contributed by atoms with van der Waals surface area (Å²) in [7, 11) is -4.23. The first-order valence-electron chi connectivity index (χ1n) is 21.3. The first kappa shape index (κ1) is 42.4. The molecule has 7 aromatic carbocycles. The van der Waals surface area contributed by atoms with Gasteiger partial charge in [0.15, 0.2) is 5.82 Å². The molecule has 1 saturated heterocycles. The van der Waals surface area contributed by atoms with Gasteiger partial charge in [0.1, 0.15) is 6.04 Å². The Morgan fingerprint density at radius 3 is 1.91 bits per heavy atom. The molecule has 318 valence electrons. The Labute approximate surface area is 377 Å². The molecule has 8 aromatic rings. The number of aromatic nitrogens is 4. The van der Waals surface area contributed by atoms with E-state index in [1.807, 2.05) is 127 Å². The lowest BCUT2D eigenvalue weighted by molar-refractivity contribution is -0.125. The van der Waals surface area contributed by atoms with E-state index in [2.05, 4.69) is 75.4 Å². The van der Waals surface area contributed by atoms with Crippen LogP contribution in [0, 0.1) is 11.3 Å². The van der Waals surface area contributed by atoms with Crippen LogP contribution in [0.15, 0.2) is 193 Å². The summed E-state index contributed by atoms with van der Waals surface area (Å²) in [5.41, 5.74) is 6.16. The van der Waals surface area contributed by atoms with Gasteiger partial charge in [-0.25, -0.2) is 13.1 Å². The Morgan fingerprint density at radius 2 is 1.30 bits per heavy atom. The Bertz CT molecular complexity index is 2900. The van der Waals surface area contributed by atoms with E-state index in [-0.39, 0.29) is 36.1 Å². The summed E-state index contributed by atoms with van der Waals surface area (Å²) in [6.07, 6.45) is 0.709. The second-order valence-electron chi connectivity index (χ2n) is 15.9. The quantitative estimate of drug-likeness (QED) is 0.101. The molecule has 10 nitrogen and oxygen atoms in total. The summed E-state index contributed by atoms with van der Waals surface area (Å²) in [6, 6.07) is 62.1. The van der Waals surface area contributed by atoms with Gasteiger partial charge in [0.05, 0.1) is 34.7 Å². The van der Waals surface area contributed by atoms with E-state index >= 15 is 13.2 Å². The molecule has 0 unspecified atom stereocenters. The number of hydrogen-bond donors (Lipinski definition) is 1. The minimum atomic E-state index is -4.23. The van der Waals surface area contributed by atoms with Gasteiger partial charge < -0.3 is 5.32 Å². The fraction of sp³-hybridized carbons (Fsp3) is 0.173. The number of sulfonamides is 1. The van der Waals surface area contributed by atoms with Gasteiger partial charge in [-0.05, 0) is 73.1 Å². The molecule has 1 amide bonds. The van der Waals surface area contributed by atoms with Crippen LogP contribution in [-0.4, -0.2) is 56.7 Å². The van der Waals surface area contributed by atoms with Gasteiger partial charge in [0, 0.05) is 18.2 Å². The Balaban J connectivity index is 1.11. The molecule has 0 saturated carbocycles. The van der Waals surface area contributed by atoms with Gasteiger partial charge in [-0.2, -0.15) is 9.57 Å². The predicted molar refractivity (Wildman–Crippen MR) is 251 cm³/mol. The van der Waals surface area contributed by atoms with E-state index in [0.717, 1.165) is 44.2 Å². The van der Waals surface area contributed by atoms with Crippen LogP contribution in [0.2, 0.25) is 0 Å². The average Bonchev–Trinajstić information content (AvgIpc) is 4.02. The fourth-order valence-corrected chi connectivity index (χ4v) is 12.3. The van der Waals surface area contributed by atoms with Crippen LogP contribution in [0.25, 0.3) is 21.9 Å². The Kier molecular flexibility index (Phi) is 12.5. The van der Waals surface area contributed by atoms with Gasteiger partial charge in [-0.15, -0.1) is 16.9 Å². The third-order valence-electron chi connectivity index (χ3n) is 11.9. The van der Waals surface area contributed by atoms with Crippen molar-refractivity contribution in [2.24, 2.45) is 0 Å². The van der Waals surface area contributed by atoms with Crippen LogP contribution < -0.4 is 5.32 Å². The Morgan fingerprint density at radius 1 is 0.734 bits per heavy atom. The number of carbonyl (C=O) groups excluding carboxylic acids is 1. The first-order chi connectivity index (χ1) is 31.3. The van der Waals surface area contributed by atoms with Crippen LogP contribution >= 0.6 is 11.8 Å². The molecule has 1 fully saturated rings. The normalized spacial score (nSPS) is 16.0. The molecule has 1 N–H and O–H groups in total. The van der Waals surface area contributed by atoms with E-state index in [9.17, 15) is 5.26 Å². The van der Waals surface area contributed by atoms with E-state index in [1.165, 1.54) is 8.99 Å². The number of aryl methyl sites for hydroxylation is 1. The third kappa shape index (κ3) is 8.70. The summed E-state index contributed by atoms with van der Waals surface area (Å²) in [4.78, 5) is 15.3. The smallest absolute Gasteiger partial charge is 0.243 e. The average molecular weight is 880 g/mol. The number of amides is 1. The van der Waals surface area contributed by atoms with Gasteiger partial charge in [-0.1, -0.05) is 176 Å². The number of fused-ring (bicyclic) bond motifs is 1. The minimum Gasteiger partial charge on any atom is -0.344 e. The van der Waals surface area contributed by atoms with Crippen molar-refractivity contribution in [3.05, 3.63) is 216 Å². The molecule has 1 aliphatic heterocycles. The number of thioether (sulfide) groups is 1. The number of hydrogen-bond acceptors (Lipinski definition) is 8. The molecule has 1 aromatic heterocycles. The van der Waals surface area contributed by atoms with Gasteiger partial charge in [0.25, 0.3) is 0 Å². The fourth-order valence-electron chi connectivity index (χ4n) is 8.74. The molecule has 12 heteroatoms. The van der Waals surface area contributed by atoms with Crippen LogP contribution in [0.3, 0.4) is 0 Å². The van der Waals surface area contributed by atoms with Gasteiger partial charge >= 0.3 is 0 Å². The van der Waals surface area contributed by atoms with E-state index in [4.69, 9.17) is 0 Å². The van der Waals surface area contributed by atoms with Crippen molar-refractivity contribution in [1.82, 2.24) is 29.8 Å². The third-order valence-corrected chi connectivity index (χ3v) is 15.5. The molecule has 0 bridgehead atoms. The maximum absolute atomic E-state index is 15.2. The van der Waals surface area contributed by atoms with Crippen LogP contribution in [0.5, 0.6) is 0 Å². The molecule has 2 heterocycles. The van der Waals surface area contributed by atoms with Gasteiger partial charge in [0.2, 0.25) is 15.9 Å². The van der Waals surface area contributed by atoms with Crippen LogP contribution in [0.4, 0.5) is 0 Å². The van der Waals surface area contributed by atoms with Crippen molar-refractivity contribution in [2.45, 2.75) is 52.8 Å². The Hall–Kier alpha value is -6.91. The van der Waals surface area contributed by atoms with E-state index in [1.54, 1.807) is 23.9 Å². The molecular weight excluding hydrogens is 835 g/mol. The second-order valence-corrected chi connectivity index (χ2v) is 19.3. The maximum atomic E-state index is 15.2. The summed E-state index contributed by atoms with van der Waals surface area (Å²) in [6.45, 7) is 0.307. The van der Waals surface area contributed by atoms with Crippen molar-refractivity contribution in [2.75, 3.05) is 6.54 Å². The standard InChI is InChI=1S/C52H45N7O3S2/c53-32-15-33-58-50(55-56-57-58)48(34-38-26-28-41(29-27-38)39-16-5-1-6-17-39)54-51(60)49-36-46(37-59(49)64(61,62)47-31-30-40-18-13-14-19-42(40)35-47)63-52(43-20-7-2-8-21-43,44-22-9-3-10-23-44)45-24-11-4-12-25-45/h1-14,16-31,35,46,48-49H,15,33-34,36-37H2,(H,54,60)/t46-,48+,49+/m1/s1. The SMILES string of the molecule is N#CCCn1nnnc1[C@H](Cc1ccc(-c2ccccc2)cc1)NC(=O)[C@@H]1C[C@@H](SC(c2ccccc2)(c2ccccc2)c2ccccc2)CN1S(=O)(=O)c1ccc2ccccc2c1. The molecule has 3 atom stereocenters. The van der Waals surface area contributed by atoms with Crippen molar-refractivity contribution in [3.63, 3.8) is 0 Å². The number of nitrogens with zero attached hydrogens (tertiary/aromatic N) is 6. The van der Waals surface area contributed by atoms with E-state index in [0.29, 0.717) is 12.2 Å². The summed E-state index contributed by atoms with van der Waals surface area (Å²) in [5, 5.41) is 26.5. The van der Waals surface area contributed by atoms with Crippen molar-refractivity contribution in [3.8, 4) is 17.2 Å². The molecule has 0 spiro atoms. The maximum Gasteiger partial charge on any atom is 0.243 e. The summed E-state index contributed by atoms with van der Waals surface area (Å²) < 4.78 is 32.4. The monoisotopic (exact) mass is 879 g/mol. The van der Waals surface area contributed by atoms with E-state index < -0.39 is 32.8 Å². The lowest BCUT2D eigenvalue weighted by atomic mass is 9.84. The molecule has 1 aliphatic rings. The minimum absolute atomic E-state index is 0.0810. The lowest BCUT2D eigenvalue weighted by Crippen LogP contribution is -2.47. The number of nitrogens with one attached hydrogen (secondary N) is 1. The zero-order valence-corrected chi connectivity index (χ0v) is 36.5. The zero-order chi connectivity index (χ0) is 43.9. The van der Waals surface area contributed by atoms with Crippen LogP contribution in [-0.2, 0) is 32.5 Å². The number of benzene rings is 7. The van der Waals surface area contributed by atoms with Crippen molar-refractivity contribution in [1.29, 1.82) is 5.26 Å². The predicted octanol–water partition coefficient (Wildman–Crippen LogP) is 9.36. The summed E-state index contributed by atoms with van der Waals surface area (Å²) in [5.74, 6) is -0.0854. The highest BCUT2D eigenvalue weighted by molar-refractivity contribution is 8.01. The zero-order valence-electron chi connectivity index (χ0n) is 34.9. The molecule has 0 aliphatic carbocycles. The number of rotatable bonds is 15. The van der Waals surface area contributed by atoms with Crippen molar-refractivity contribution < 1.29 is 13.2 Å². The lowest BCUT2D eigenvalue weighted by Gasteiger charge is -2.37. The number of nitriles is 1. The van der Waals surface area contributed by atoms with Gasteiger partial charge in [-0.3, -0.25) is 4.79 Å². The second kappa shape index (κ2) is 18.8. The highest BCUT2D eigenvalue weighted by atomic mass is 32.2. The first-order valence-corrected chi connectivity index (χ1v) is 23.6. The number of carbonyl (C=O) groups is 1. The largest absolute Gasteiger partial charge is 0.344 e. The number of tetrazole rings is 1. The topological polar surface area (TPSA) is 134 Å². The van der Waals surface area contributed by atoms with Crippen LogP contribution in [0.1, 0.15) is 47.0 Å². The summed E-state index contributed by atoms with van der Waals surface area (Å²) >= 11 is 1.67. The van der Waals surface area contributed by atoms with Crippen molar-refractivity contribution >= 4 is 38.5 Å². The molecule has 64 heavy (non-hydrogen) atoms. The molecule has 0 radical (unpaired) electrons. The molecular formula is C52H45N7O3S2. The highest BCUT2D eigenvalue weighted by Gasteiger charge is 2.49.